The lowest BCUT2D eigenvalue weighted by Gasteiger charge is -2.19. The van der Waals surface area contributed by atoms with Crippen molar-refractivity contribution < 1.29 is 19.1 Å². The number of carbonyl (C=O) groups excluding carboxylic acids is 2. The Morgan fingerprint density at radius 3 is 2.53 bits per heavy atom. The van der Waals surface area contributed by atoms with Gasteiger partial charge in [-0.3, -0.25) is 15.0 Å². The van der Waals surface area contributed by atoms with Crippen molar-refractivity contribution in [1.29, 1.82) is 0 Å². The van der Waals surface area contributed by atoms with E-state index >= 15 is 0 Å². The smallest absolute Gasteiger partial charge is 0.413 e. The first-order valence-corrected chi connectivity index (χ1v) is 10.2. The summed E-state index contributed by atoms with van der Waals surface area (Å²) in [6.07, 6.45) is 3.24. The molecule has 9 nitrogen and oxygen atoms in total. The third-order valence-corrected chi connectivity index (χ3v) is 4.66. The summed E-state index contributed by atoms with van der Waals surface area (Å²) < 4.78 is 12.3. The van der Waals surface area contributed by atoms with E-state index in [0.717, 1.165) is 0 Å². The summed E-state index contributed by atoms with van der Waals surface area (Å²) in [6.45, 7) is 7.08. The predicted octanol–water partition coefficient (Wildman–Crippen LogP) is 4.80. The number of rotatable bonds is 5. The largest absolute Gasteiger partial charge is 0.456 e. The number of aryl methyl sites for hydroxylation is 1. The molecule has 0 aliphatic heterocycles. The maximum Gasteiger partial charge on any atom is 0.413 e. The van der Waals surface area contributed by atoms with Gasteiger partial charge in [0, 0.05) is 25.0 Å². The highest BCUT2D eigenvalue weighted by molar-refractivity contribution is 6.30. The fraction of sp³-hybridized carbons (Fsp3) is 0.318. The van der Waals surface area contributed by atoms with E-state index in [-0.39, 0.29) is 5.15 Å². The molecule has 0 aliphatic carbocycles. The normalized spacial score (nSPS) is 12.2. The average Bonchev–Trinajstić information content (AvgIpc) is 3.07. The van der Waals surface area contributed by atoms with Crippen LogP contribution in [-0.2, 0) is 16.5 Å². The van der Waals surface area contributed by atoms with Crippen molar-refractivity contribution in [1.82, 2.24) is 19.7 Å². The second kappa shape index (κ2) is 9.35. The van der Waals surface area contributed by atoms with E-state index in [0.29, 0.717) is 28.2 Å². The molecule has 0 aromatic carbocycles. The molecule has 0 saturated heterocycles. The van der Waals surface area contributed by atoms with Gasteiger partial charge in [-0.2, -0.15) is 5.10 Å². The standard InChI is InChI=1S/C22H24ClN5O4/c1-13(15-7-6-10-24-18(15)23)31-21(30)27-19-16(12-26-28(19)5)17-9-8-14(11-25-17)20(29)32-22(2,3)4/h6-13H,1-5H3,(H,27,30)/t13-/m1/s1. The van der Waals surface area contributed by atoms with Crippen molar-refractivity contribution in [2.45, 2.75) is 39.4 Å². The lowest BCUT2D eigenvalue weighted by atomic mass is 10.1. The summed E-state index contributed by atoms with van der Waals surface area (Å²) in [6, 6.07) is 6.71. The molecular weight excluding hydrogens is 434 g/mol. The molecule has 1 amide bonds. The molecule has 1 N–H and O–H groups in total. The molecule has 3 rings (SSSR count). The van der Waals surface area contributed by atoms with E-state index in [4.69, 9.17) is 21.1 Å². The third-order valence-electron chi connectivity index (χ3n) is 4.34. The van der Waals surface area contributed by atoms with Crippen molar-refractivity contribution in [3.8, 4) is 11.3 Å². The number of aromatic nitrogens is 4. The van der Waals surface area contributed by atoms with Gasteiger partial charge in [0.1, 0.15) is 22.7 Å². The Morgan fingerprint density at radius 2 is 1.91 bits per heavy atom. The number of hydrogen-bond donors (Lipinski definition) is 1. The van der Waals surface area contributed by atoms with E-state index < -0.39 is 23.8 Å². The van der Waals surface area contributed by atoms with Gasteiger partial charge in [0.25, 0.3) is 0 Å². The molecule has 3 aromatic heterocycles. The zero-order valence-electron chi connectivity index (χ0n) is 18.4. The van der Waals surface area contributed by atoms with Gasteiger partial charge in [-0.05, 0) is 45.9 Å². The van der Waals surface area contributed by atoms with Crippen LogP contribution in [0.4, 0.5) is 10.6 Å². The molecule has 1 atom stereocenters. The van der Waals surface area contributed by atoms with E-state index in [1.54, 1.807) is 71.4 Å². The minimum atomic E-state index is -0.687. The molecule has 0 spiro atoms. The lowest BCUT2D eigenvalue weighted by Crippen LogP contribution is -2.23. The van der Waals surface area contributed by atoms with Gasteiger partial charge in [0.15, 0.2) is 0 Å². The molecular formula is C22H24ClN5O4. The molecule has 10 heteroatoms. The molecule has 0 bridgehead atoms. The van der Waals surface area contributed by atoms with Crippen molar-refractivity contribution in [3.63, 3.8) is 0 Å². The maximum atomic E-state index is 12.5. The highest BCUT2D eigenvalue weighted by Crippen LogP contribution is 2.28. The number of hydrogen-bond acceptors (Lipinski definition) is 7. The Morgan fingerprint density at radius 1 is 1.16 bits per heavy atom. The molecule has 32 heavy (non-hydrogen) atoms. The van der Waals surface area contributed by atoms with Gasteiger partial charge in [0.05, 0.1) is 23.0 Å². The molecule has 0 fully saturated rings. The number of anilines is 1. The van der Waals surface area contributed by atoms with Crippen molar-refractivity contribution >= 4 is 29.5 Å². The van der Waals surface area contributed by atoms with Crippen LogP contribution in [0.15, 0.2) is 42.9 Å². The van der Waals surface area contributed by atoms with Crippen LogP contribution in [0.25, 0.3) is 11.3 Å². The van der Waals surface area contributed by atoms with E-state index in [2.05, 4.69) is 20.4 Å². The zero-order chi connectivity index (χ0) is 23.5. The van der Waals surface area contributed by atoms with Gasteiger partial charge in [-0.25, -0.2) is 14.6 Å². The van der Waals surface area contributed by atoms with Crippen LogP contribution in [0.3, 0.4) is 0 Å². The van der Waals surface area contributed by atoms with Crippen LogP contribution in [-0.4, -0.2) is 37.4 Å². The Labute approximate surface area is 190 Å². The summed E-state index contributed by atoms with van der Waals surface area (Å²) in [5.74, 6) is -0.0790. The summed E-state index contributed by atoms with van der Waals surface area (Å²) >= 11 is 6.07. The number of halogens is 1. The minimum absolute atomic E-state index is 0.267. The highest BCUT2D eigenvalue weighted by atomic mass is 35.5. The van der Waals surface area contributed by atoms with Crippen LogP contribution in [0.2, 0.25) is 5.15 Å². The number of nitrogens with one attached hydrogen (secondary N) is 1. The van der Waals surface area contributed by atoms with Crippen LogP contribution >= 0.6 is 11.6 Å². The van der Waals surface area contributed by atoms with Crippen molar-refractivity contribution in [3.05, 3.63) is 59.1 Å². The van der Waals surface area contributed by atoms with Gasteiger partial charge in [0.2, 0.25) is 0 Å². The molecule has 0 unspecified atom stereocenters. The molecule has 3 aromatic rings. The Hall–Kier alpha value is -3.46. The number of nitrogens with zero attached hydrogens (tertiary/aromatic N) is 4. The van der Waals surface area contributed by atoms with E-state index in [1.165, 1.54) is 10.9 Å². The van der Waals surface area contributed by atoms with Crippen LogP contribution in [0.1, 0.15) is 49.7 Å². The summed E-state index contributed by atoms with van der Waals surface area (Å²) in [5.41, 5.74) is 1.39. The highest BCUT2D eigenvalue weighted by Gasteiger charge is 2.21. The number of carbonyl (C=O) groups is 2. The summed E-state index contributed by atoms with van der Waals surface area (Å²) in [5, 5.41) is 7.14. The van der Waals surface area contributed by atoms with Crippen LogP contribution in [0, 0.1) is 0 Å². The second-order valence-electron chi connectivity index (χ2n) is 8.02. The fourth-order valence-corrected chi connectivity index (χ4v) is 3.11. The molecule has 3 heterocycles. The topological polar surface area (TPSA) is 108 Å². The predicted molar refractivity (Wildman–Crippen MR) is 119 cm³/mol. The van der Waals surface area contributed by atoms with E-state index in [9.17, 15) is 9.59 Å². The molecule has 0 saturated carbocycles. The summed E-state index contributed by atoms with van der Waals surface area (Å²) in [4.78, 5) is 33.0. The Kier molecular flexibility index (Phi) is 6.78. The maximum absolute atomic E-state index is 12.5. The molecule has 168 valence electrons. The van der Waals surface area contributed by atoms with E-state index in [1.807, 2.05) is 0 Å². The van der Waals surface area contributed by atoms with Crippen LogP contribution < -0.4 is 5.32 Å². The van der Waals surface area contributed by atoms with Gasteiger partial charge in [-0.1, -0.05) is 17.7 Å². The number of amides is 1. The number of pyridine rings is 2. The summed E-state index contributed by atoms with van der Waals surface area (Å²) in [7, 11) is 1.68. The van der Waals surface area contributed by atoms with Crippen molar-refractivity contribution in [2.75, 3.05) is 5.32 Å². The van der Waals surface area contributed by atoms with Gasteiger partial charge < -0.3 is 9.47 Å². The Bertz CT molecular complexity index is 1120. The monoisotopic (exact) mass is 457 g/mol. The first-order chi connectivity index (χ1) is 15.0. The zero-order valence-corrected chi connectivity index (χ0v) is 19.2. The van der Waals surface area contributed by atoms with Gasteiger partial charge in [-0.15, -0.1) is 0 Å². The van der Waals surface area contributed by atoms with Crippen LogP contribution in [0.5, 0.6) is 0 Å². The quantitative estimate of drug-likeness (QED) is 0.433. The number of esters is 1. The molecule has 0 aliphatic rings. The van der Waals surface area contributed by atoms with Crippen molar-refractivity contribution in [2.24, 2.45) is 7.05 Å². The SMILES string of the molecule is C[C@@H](OC(=O)Nc1c(-c2ccc(C(=O)OC(C)(C)C)cn2)cnn1C)c1cccnc1Cl. The van der Waals surface area contributed by atoms with Gasteiger partial charge >= 0.3 is 12.1 Å². The first-order valence-electron chi connectivity index (χ1n) is 9.85. The Balaban J connectivity index is 1.74. The molecule has 0 radical (unpaired) electrons. The average molecular weight is 458 g/mol. The minimum Gasteiger partial charge on any atom is -0.456 e. The fourth-order valence-electron chi connectivity index (χ4n) is 2.84. The third kappa shape index (κ3) is 5.61. The first kappa shape index (κ1) is 23.2. The second-order valence-corrected chi connectivity index (χ2v) is 8.38. The lowest BCUT2D eigenvalue weighted by molar-refractivity contribution is 0.00690. The number of ether oxygens (including phenoxy) is 2.